The molecule has 2 rings (SSSR count). The van der Waals surface area contributed by atoms with Crippen LogP contribution >= 0.6 is 0 Å². The molecule has 5 heteroatoms. The molecule has 2 atom stereocenters. The summed E-state index contributed by atoms with van der Waals surface area (Å²) in [5, 5.41) is 0. The minimum absolute atomic E-state index is 0.181. The number of hydrogen-bond acceptors (Lipinski definition) is 4. The van der Waals surface area contributed by atoms with E-state index in [2.05, 4.69) is 9.80 Å². The average molecular weight is 268 g/mol. The molecule has 5 nitrogen and oxygen atoms in total. The molecule has 1 amide bonds. The topological polar surface area (TPSA) is 52.8 Å². The number of carbonyl (C=O) groups excluding carboxylic acids is 1. The number of nitrogens with zero attached hydrogens (tertiary/aromatic N) is 3. The summed E-state index contributed by atoms with van der Waals surface area (Å²) in [4.78, 5) is 18.5. The van der Waals surface area contributed by atoms with Crippen LogP contribution < -0.4 is 5.73 Å². The number of nitrogens with two attached hydrogens (primary N) is 1. The van der Waals surface area contributed by atoms with Crippen LogP contribution in [0.4, 0.5) is 0 Å². The molecular formula is C14H28N4O. The molecule has 0 bridgehead atoms. The minimum atomic E-state index is 0.181. The average Bonchev–Trinajstić information content (AvgIpc) is 3.05. The van der Waals surface area contributed by atoms with Gasteiger partial charge < -0.3 is 10.6 Å². The summed E-state index contributed by atoms with van der Waals surface area (Å²) in [6.45, 7) is 5.25. The molecule has 0 aliphatic carbocycles. The standard InChI is InChI=1S/C14H28N4O/c1-16(2)14(19)9-13(10-15)18-8-5-12(11-18)17-6-3-4-7-17/h12-13H,3-11,15H2,1-2H3. The van der Waals surface area contributed by atoms with Gasteiger partial charge in [-0.2, -0.15) is 0 Å². The van der Waals surface area contributed by atoms with Gasteiger partial charge in [-0.1, -0.05) is 0 Å². The third kappa shape index (κ3) is 3.68. The summed E-state index contributed by atoms with van der Waals surface area (Å²) in [6.07, 6.45) is 4.47. The lowest BCUT2D eigenvalue weighted by atomic mass is 10.1. The van der Waals surface area contributed by atoms with E-state index in [9.17, 15) is 4.79 Å². The van der Waals surface area contributed by atoms with E-state index in [1.807, 2.05) is 14.1 Å². The number of hydrogen-bond donors (Lipinski definition) is 1. The first-order valence-electron chi connectivity index (χ1n) is 7.50. The smallest absolute Gasteiger partial charge is 0.223 e. The van der Waals surface area contributed by atoms with E-state index in [1.165, 1.54) is 32.4 Å². The van der Waals surface area contributed by atoms with Crippen molar-refractivity contribution >= 4 is 5.91 Å². The Hall–Kier alpha value is -0.650. The second kappa shape index (κ2) is 6.68. The Morgan fingerprint density at radius 2 is 2.00 bits per heavy atom. The van der Waals surface area contributed by atoms with E-state index < -0.39 is 0 Å². The zero-order valence-corrected chi connectivity index (χ0v) is 12.3. The van der Waals surface area contributed by atoms with Gasteiger partial charge in [0, 0.05) is 52.2 Å². The second-order valence-corrected chi connectivity index (χ2v) is 6.06. The van der Waals surface area contributed by atoms with E-state index >= 15 is 0 Å². The number of amides is 1. The molecular weight excluding hydrogens is 240 g/mol. The molecule has 2 N–H and O–H groups in total. The molecule has 110 valence electrons. The Morgan fingerprint density at radius 3 is 2.58 bits per heavy atom. The number of carbonyl (C=O) groups is 1. The fourth-order valence-corrected chi connectivity index (χ4v) is 3.25. The summed E-state index contributed by atoms with van der Waals surface area (Å²) in [6, 6.07) is 0.897. The third-order valence-corrected chi connectivity index (χ3v) is 4.55. The van der Waals surface area contributed by atoms with Gasteiger partial charge in [0.25, 0.3) is 0 Å². The Labute approximate surface area is 116 Å². The summed E-state index contributed by atoms with van der Waals surface area (Å²) in [5.41, 5.74) is 5.87. The van der Waals surface area contributed by atoms with Gasteiger partial charge in [0.15, 0.2) is 0 Å². The van der Waals surface area contributed by atoms with Crippen LogP contribution in [0.3, 0.4) is 0 Å². The normalized spacial score (nSPS) is 26.8. The minimum Gasteiger partial charge on any atom is -0.349 e. The van der Waals surface area contributed by atoms with E-state index in [-0.39, 0.29) is 11.9 Å². The van der Waals surface area contributed by atoms with E-state index in [0.717, 1.165) is 13.1 Å². The van der Waals surface area contributed by atoms with Gasteiger partial charge in [-0.25, -0.2) is 0 Å². The molecule has 2 fully saturated rings. The lowest BCUT2D eigenvalue weighted by Gasteiger charge is -2.29. The van der Waals surface area contributed by atoms with Crippen molar-refractivity contribution in [2.45, 2.75) is 37.8 Å². The zero-order valence-electron chi connectivity index (χ0n) is 12.3. The quantitative estimate of drug-likeness (QED) is 0.760. The van der Waals surface area contributed by atoms with Crippen LogP contribution in [0.1, 0.15) is 25.7 Å². The van der Waals surface area contributed by atoms with E-state index in [0.29, 0.717) is 19.0 Å². The van der Waals surface area contributed by atoms with Crippen molar-refractivity contribution in [1.82, 2.24) is 14.7 Å². The van der Waals surface area contributed by atoms with Gasteiger partial charge in [-0.15, -0.1) is 0 Å². The molecule has 2 unspecified atom stereocenters. The van der Waals surface area contributed by atoms with Crippen molar-refractivity contribution in [3.05, 3.63) is 0 Å². The van der Waals surface area contributed by atoms with Crippen LogP contribution in [0, 0.1) is 0 Å². The number of rotatable bonds is 5. The highest BCUT2D eigenvalue weighted by atomic mass is 16.2. The van der Waals surface area contributed by atoms with Crippen molar-refractivity contribution in [2.24, 2.45) is 5.73 Å². The molecule has 2 heterocycles. The summed E-state index contributed by atoms with van der Waals surface area (Å²) >= 11 is 0. The molecule has 0 aromatic carbocycles. The summed E-state index contributed by atoms with van der Waals surface area (Å²) in [5.74, 6) is 0.181. The molecule has 0 radical (unpaired) electrons. The molecule has 0 spiro atoms. The first kappa shape index (κ1) is 14.8. The SMILES string of the molecule is CN(C)C(=O)CC(CN)N1CCC(N2CCCC2)C1. The lowest BCUT2D eigenvalue weighted by Crippen LogP contribution is -2.44. The Balaban J connectivity index is 1.84. The Morgan fingerprint density at radius 1 is 1.32 bits per heavy atom. The maximum atomic E-state index is 11.8. The van der Waals surface area contributed by atoms with Gasteiger partial charge in [0.1, 0.15) is 0 Å². The molecule has 2 saturated heterocycles. The summed E-state index contributed by atoms with van der Waals surface area (Å²) < 4.78 is 0. The van der Waals surface area contributed by atoms with Crippen molar-refractivity contribution < 1.29 is 4.79 Å². The van der Waals surface area contributed by atoms with Gasteiger partial charge in [0.05, 0.1) is 0 Å². The molecule has 0 aromatic heterocycles. The largest absolute Gasteiger partial charge is 0.349 e. The molecule has 19 heavy (non-hydrogen) atoms. The first-order chi connectivity index (χ1) is 9.11. The third-order valence-electron chi connectivity index (χ3n) is 4.55. The van der Waals surface area contributed by atoms with Crippen molar-refractivity contribution in [3.63, 3.8) is 0 Å². The fraction of sp³-hybridized carbons (Fsp3) is 0.929. The highest BCUT2D eigenvalue weighted by molar-refractivity contribution is 5.76. The molecule has 0 aromatic rings. The molecule has 2 aliphatic heterocycles. The first-order valence-corrected chi connectivity index (χ1v) is 7.50. The highest BCUT2D eigenvalue weighted by Crippen LogP contribution is 2.22. The van der Waals surface area contributed by atoms with Gasteiger partial charge in [0.2, 0.25) is 5.91 Å². The number of likely N-dealkylation sites (tertiary alicyclic amines) is 2. The fourth-order valence-electron chi connectivity index (χ4n) is 3.25. The monoisotopic (exact) mass is 268 g/mol. The van der Waals surface area contributed by atoms with Gasteiger partial charge >= 0.3 is 0 Å². The molecule has 0 saturated carbocycles. The van der Waals surface area contributed by atoms with Gasteiger partial charge in [-0.05, 0) is 32.4 Å². The van der Waals surface area contributed by atoms with Crippen molar-refractivity contribution in [1.29, 1.82) is 0 Å². The van der Waals surface area contributed by atoms with Crippen LogP contribution in [0.25, 0.3) is 0 Å². The zero-order chi connectivity index (χ0) is 13.8. The van der Waals surface area contributed by atoms with E-state index in [4.69, 9.17) is 5.73 Å². The predicted octanol–water partition coefficient (Wildman–Crippen LogP) is -0.0379. The maximum Gasteiger partial charge on any atom is 0.223 e. The molecule has 2 aliphatic rings. The van der Waals surface area contributed by atoms with Crippen LogP contribution in [0.2, 0.25) is 0 Å². The van der Waals surface area contributed by atoms with Crippen LogP contribution in [-0.2, 0) is 4.79 Å². The Kier molecular flexibility index (Phi) is 5.19. The lowest BCUT2D eigenvalue weighted by molar-refractivity contribution is -0.129. The van der Waals surface area contributed by atoms with Gasteiger partial charge in [-0.3, -0.25) is 14.6 Å². The maximum absolute atomic E-state index is 11.8. The van der Waals surface area contributed by atoms with Crippen LogP contribution in [0.5, 0.6) is 0 Å². The second-order valence-electron chi connectivity index (χ2n) is 6.06. The summed E-state index contributed by atoms with van der Waals surface area (Å²) in [7, 11) is 3.62. The highest BCUT2D eigenvalue weighted by Gasteiger charge is 2.33. The van der Waals surface area contributed by atoms with Crippen molar-refractivity contribution in [3.8, 4) is 0 Å². The predicted molar refractivity (Wildman–Crippen MR) is 76.9 cm³/mol. The van der Waals surface area contributed by atoms with E-state index in [1.54, 1.807) is 4.90 Å². The van der Waals surface area contributed by atoms with Crippen LogP contribution in [-0.4, -0.2) is 79.5 Å². The van der Waals surface area contributed by atoms with Crippen molar-refractivity contribution in [2.75, 3.05) is 46.8 Å². The Bertz CT molecular complexity index is 302. The van der Waals surface area contributed by atoms with Crippen LogP contribution in [0.15, 0.2) is 0 Å².